The predicted octanol–water partition coefficient (Wildman–Crippen LogP) is 3.85. The Labute approximate surface area is 133 Å². The highest BCUT2D eigenvalue weighted by Gasteiger charge is 2.17. The molecule has 0 fully saturated rings. The molecule has 0 aliphatic carbocycles. The van der Waals surface area contributed by atoms with Crippen molar-refractivity contribution in [2.45, 2.75) is 0 Å². The van der Waals surface area contributed by atoms with Crippen LogP contribution in [0.25, 0.3) is 0 Å². The number of nitrogens with one attached hydrogen (secondary N) is 1. The lowest BCUT2D eigenvalue weighted by Crippen LogP contribution is -2.09. The Morgan fingerprint density at radius 2 is 1.82 bits per heavy atom. The third-order valence-electron chi connectivity index (χ3n) is 2.88. The van der Waals surface area contributed by atoms with Crippen molar-refractivity contribution in [2.75, 3.05) is 26.3 Å². The summed E-state index contributed by atoms with van der Waals surface area (Å²) in [6, 6.07) is 12.4. The number of esters is 1. The Balaban J connectivity index is 2.41. The van der Waals surface area contributed by atoms with Crippen molar-refractivity contribution < 1.29 is 19.0 Å². The maximum atomic E-state index is 11.9. The summed E-state index contributed by atoms with van der Waals surface area (Å²) in [5.74, 6) is -0.148. The molecule has 0 aromatic heterocycles. The number of benzene rings is 2. The van der Waals surface area contributed by atoms with Gasteiger partial charge in [0.05, 0.1) is 23.5 Å². The Morgan fingerprint density at radius 3 is 2.50 bits per heavy atom. The molecule has 0 saturated heterocycles. The fourth-order valence-electron chi connectivity index (χ4n) is 1.89. The average molecular weight is 322 g/mol. The number of hydrogen-bond donors (Lipinski definition) is 1. The highest BCUT2D eigenvalue weighted by atomic mass is 35.5. The van der Waals surface area contributed by atoms with Gasteiger partial charge in [-0.2, -0.15) is 0 Å². The van der Waals surface area contributed by atoms with Crippen molar-refractivity contribution in [1.29, 1.82) is 0 Å². The van der Waals surface area contributed by atoms with Gasteiger partial charge in [-0.05, 0) is 24.3 Å². The van der Waals surface area contributed by atoms with Crippen LogP contribution in [-0.4, -0.2) is 27.0 Å². The number of hydrogen-bond acceptors (Lipinski definition) is 5. The molecule has 2 rings (SSSR count). The number of methoxy groups -OCH3 is 2. The van der Waals surface area contributed by atoms with E-state index >= 15 is 0 Å². The van der Waals surface area contributed by atoms with Crippen molar-refractivity contribution in [3.8, 4) is 5.75 Å². The molecule has 0 spiro atoms. The SMILES string of the molecule is COCOc1c(Nc2ccccc2Cl)cccc1C(=O)OC. The van der Waals surface area contributed by atoms with Crippen LogP contribution in [-0.2, 0) is 9.47 Å². The van der Waals surface area contributed by atoms with E-state index in [0.717, 1.165) is 0 Å². The van der Waals surface area contributed by atoms with Crippen molar-refractivity contribution in [1.82, 2.24) is 0 Å². The monoisotopic (exact) mass is 321 g/mol. The van der Waals surface area contributed by atoms with Crippen LogP contribution in [0.1, 0.15) is 10.4 Å². The van der Waals surface area contributed by atoms with Crippen LogP contribution in [0.2, 0.25) is 5.02 Å². The van der Waals surface area contributed by atoms with Crippen LogP contribution in [0.15, 0.2) is 42.5 Å². The second-order valence-corrected chi connectivity index (χ2v) is 4.74. The van der Waals surface area contributed by atoms with Gasteiger partial charge in [0.2, 0.25) is 0 Å². The predicted molar refractivity (Wildman–Crippen MR) is 85.0 cm³/mol. The van der Waals surface area contributed by atoms with Crippen LogP contribution in [0.3, 0.4) is 0 Å². The molecule has 0 heterocycles. The van der Waals surface area contributed by atoms with Gasteiger partial charge < -0.3 is 19.5 Å². The van der Waals surface area contributed by atoms with Crippen LogP contribution in [0.5, 0.6) is 5.75 Å². The molecular weight excluding hydrogens is 306 g/mol. The topological polar surface area (TPSA) is 56.8 Å². The molecule has 22 heavy (non-hydrogen) atoms. The van der Waals surface area contributed by atoms with E-state index in [1.54, 1.807) is 24.3 Å². The lowest BCUT2D eigenvalue weighted by Gasteiger charge is -2.16. The van der Waals surface area contributed by atoms with Crippen molar-refractivity contribution in [2.24, 2.45) is 0 Å². The summed E-state index contributed by atoms with van der Waals surface area (Å²) < 4.78 is 15.2. The van der Waals surface area contributed by atoms with Gasteiger partial charge in [-0.15, -0.1) is 0 Å². The largest absolute Gasteiger partial charge is 0.465 e. The van der Waals surface area contributed by atoms with Gasteiger partial charge in [-0.3, -0.25) is 0 Å². The zero-order valence-corrected chi connectivity index (χ0v) is 13.0. The van der Waals surface area contributed by atoms with Crippen LogP contribution < -0.4 is 10.1 Å². The molecule has 2 aromatic carbocycles. The van der Waals surface area contributed by atoms with E-state index in [2.05, 4.69) is 5.32 Å². The minimum atomic E-state index is -0.492. The molecule has 0 saturated carbocycles. The number of rotatable bonds is 6. The number of carbonyl (C=O) groups excluding carboxylic acids is 1. The van der Waals surface area contributed by atoms with E-state index in [9.17, 15) is 4.79 Å². The molecule has 0 unspecified atom stereocenters. The molecule has 0 aliphatic heterocycles. The Kier molecular flexibility index (Phi) is 5.63. The summed E-state index contributed by atoms with van der Waals surface area (Å²) in [5, 5.41) is 3.71. The first-order valence-electron chi connectivity index (χ1n) is 6.52. The Morgan fingerprint density at radius 1 is 1.09 bits per heavy atom. The molecule has 0 atom stereocenters. The summed E-state index contributed by atoms with van der Waals surface area (Å²) in [7, 11) is 2.82. The molecule has 0 bridgehead atoms. The van der Waals surface area contributed by atoms with Gasteiger partial charge in [0.15, 0.2) is 12.5 Å². The maximum Gasteiger partial charge on any atom is 0.341 e. The highest BCUT2D eigenvalue weighted by Crippen LogP contribution is 2.34. The molecule has 5 nitrogen and oxygen atoms in total. The maximum absolute atomic E-state index is 11.9. The molecule has 1 N–H and O–H groups in total. The third kappa shape index (κ3) is 3.69. The number of carbonyl (C=O) groups is 1. The Bertz CT molecular complexity index is 660. The third-order valence-corrected chi connectivity index (χ3v) is 3.21. The van der Waals surface area contributed by atoms with Gasteiger partial charge in [-0.25, -0.2) is 4.79 Å². The molecule has 116 valence electrons. The molecule has 2 aromatic rings. The summed E-state index contributed by atoms with van der Waals surface area (Å²) in [6.45, 7) is 0.00517. The number of para-hydroxylation sites is 2. The van der Waals surface area contributed by atoms with E-state index in [-0.39, 0.29) is 6.79 Å². The number of ether oxygens (including phenoxy) is 3. The van der Waals surface area contributed by atoms with E-state index in [4.69, 9.17) is 25.8 Å². The molecule has 0 radical (unpaired) electrons. The molecule has 6 heteroatoms. The zero-order valence-electron chi connectivity index (χ0n) is 12.3. The molecule has 0 aliphatic rings. The van der Waals surface area contributed by atoms with Gasteiger partial charge in [0.1, 0.15) is 5.56 Å². The second-order valence-electron chi connectivity index (χ2n) is 4.33. The zero-order chi connectivity index (χ0) is 15.9. The standard InChI is InChI=1S/C16H16ClNO4/c1-20-10-22-15-11(16(19)21-2)6-5-9-14(15)18-13-8-4-3-7-12(13)17/h3-9,18H,10H2,1-2H3. The smallest absolute Gasteiger partial charge is 0.341 e. The van der Waals surface area contributed by atoms with E-state index < -0.39 is 5.97 Å². The lowest BCUT2D eigenvalue weighted by molar-refractivity contribution is 0.0469. The van der Waals surface area contributed by atoms with Gasteiger partial charge >= 0.3 is 5.97 Å². The first-order chi connectivity index (χ1) is 10.7. The first-order valence-corrected chi connectivity index (χ1v) is 6.89. The van der Waals surface area contributed by atoms with Crippen molar-refractivity contribution >= 4 is 28.9 Å². The quantitative estimate of drug-likeness (QED) is 0.647. The van der Waals surface area contributed by atoms with Crippen molar-refractivity contribution in [3.63, 3.8) is 0 Å². The average Bonchev–Trinajstić information content (AvgIpc) is 2.54. The molecule has 0 amide bonds. The van der Waals surface area contributed by atoms with E-state index in [1.165, 1.54) is 14.2 Å². The van der Waals surface area contributed by atoms with Gasteiger partial charge in [-0.1, -0.05) is 29.8 Å². The summed E-state index contributed by atoms with van der Waals surface area (Å²) in [4.78, 5) is 11.9. The van der Waals surface area contributed by atoms with Crippen LogP contribution in [0.4, 0.5) is 11.4 Å². The first kappa shape index (κ1) is 16.1. The number of halogens is 1. The Hall–Kier alpha value is -2.24. The van der Waals surface area contributed by atoms with Crippen LogP contribution in [0, 0.1) is 0 Å². The highest BCUT2D eigenvalue weighted by molar-refractivity contribution is 6.33. The summed E-state index contributed by atoms with van der Waals surface area (Å²) in [5.41, 5.74) is 1.60. The lowest BCUT2D eigenvalue weighted by atomic mass is 10.1. The van der Waals surface area contributed by atoms with Gasteiger partial charge in [0, 0.05) is 7.11 Å². The van der Waals surface area contributed by atoms with Gasteiger partial charge in [0.25, 0.3) is 0 Å². The minimum Gasteiger partial charge on any atom is -0.465 e. The van der Waals surface area contributed by atoms with Crippen LogP contribution >= 0.6 is 11.6 Å². The normalized spacial score (nSPS) is 10.1. The second kappa shape index (κ2) is 7.68. The number of anilines is 2. The fourth-order valence-corrected chi connectivity index (χ4v) is 2.07. The van der Waals surface area contributed by atoms with E-state index in [1.807, 2.05) is 18.2 Å². The minimum absolute atomic E-state index is 0.00517. The summed E-state index contributed by atoms with van der Waals surface area (Å²) >= 11 is 6.14. The summed E-state index contributed by atoms with van der Waals surface area (Å²) in [6.07, 6.45) is 0. The molecular formula is C16H16ClNO4. The van der Waals surface area contributed by atoms with Crippen molar-refractivity contribution in [3.05, 3.63) is 53.1 Å². The fraction of sp³-hybridized carbons (Fsp3) is 0.188. The van der Waals surface area contributed by atoms with E-state index in [0.29, 0.717) is 27.7 Å².